The molecule has 2 heterocycles. The van der Waals surface area contributed by atoms with E-state index in [1.54, 1.807) is 0 Å². The van der Waals surface area contributed by atoms with Crippen LogP contribution in [-0.2, 0) is 4.79 Å². The molecule has 2 aliphatic heterocycles. The Bertz CT molecular complexity index is 789. The normalized spacial score (nSPS) is 23.1. The van der Waals surface area contributed by atoms with E-state index in [4.69, 9.17) is 0 Å². The van der Waals surface area contributed by atoms with Gasteiger partial charge in [-0.25, -0.2) is 0 Å². The number of nitrogens with one attached hydrogen (secondary N) is 1. The van der Waals surface area contributed by atoms with Gasteiger partial charge in [-0.2, -0.15) is 0 Å². The average Bonchev–Trinajstić information content (AvgIpc) is 3.62. The molecule has 2 saturated heterocycles. The van der Waals surface area contributed by atoms with Crippen molar-refractivity contribution in [1.29, 1.82) is 0 Å². The lowest BCUT2D eigenvalue weighted by atomic mass is 9.91. The van der Waals surface area contributed by atoms with E-state index in [2.05, 4.69) is 37.0 Å². The van der Waals surface area contributed by atoms with Crippen molar-refractivity contribution in [1.82, 2.24) is 20.0 Å². The van der Waals surface area contributed by atoms with Crippen molar-refractivity contribution in [2.75, 3.05) is 70.3 Å². The number of hydrogen-bond acceptors (Lipinski definition) is 5. The lowest BCUT2D eigenvalue weighted by Crippen LogP contribution is -2.56. The minimum absolute atomic E-state index is 0.0281. The number of amides is 2. The smallest absolute Gasteiger partial charge is 0.251 e. The van der Waals surface area contributed by atoms with Gasteiger partial charge in [-0.05, 0) is 55.9 Å². The van der Waals surface area contributed by atoms with Crippen LogP contribution < -0.4 is 10.2 Å². The number of carbonyl (C=O) groups is 2. The first-order valence-corrected chi connectivity index (χ1v) is 12.5. The minimum atomic E-state index is 0.0281. The lowest BCUT2D eigenvalue weighted by molar-refractivity contribution is -0.134. The lowest BCUT2D eigenvalue weighted by Gasteiger charge is -2.43. The van der Waals surface area contributed by atoms with Gasteiger partial charge in [-0.15, -0.1) is 0 Å². The third kappa shape index (κ3) is 5.26. The van der Waals surface area contributed by atoms with Gasteiger partial charge in [0.05, 0.1) is 6.54 Å². The summed E-state index contributed by atoms with van der Waals surface area (Å²) in [6.45, 7) is 8.82. The molecule has 0 radical (unpaired) electrons. The largest absolute Gasteiger partial charge is 0.369 e. The van der Waals surface area contributed by atoms with Crippen LogP contribution in [0.15, 0.2) is 24.3 Å². The van der Waals surface area contributed by atoms with Crippen molar-refractivity contribution in [3.63, 3.8) is 0 Å². The second-order valence-electron chi connectivity index (χ2n) is 9.96. The van der Waals surface area contributed by atoms with Crippen LogP contribution in [0, 0.1) is 5.92 Å². The zero-order chi connectivity index (χ0) is 21.9. The minimum Gasteiger partial charge on any atom is -0.369 e. The number of nitrogens with zero attached hydrogens (tertiary/aromatic N) is 4. The maximum Gasteiger partial charge on any atom is 0.251 e. The van der Waals surface area contributed by atoms with Gasteiger partial charge in [-0.1, -0.05) is 6.42 Å². The summed E-state index contributed by atoms with van der Waals surface area (Å²) in [7, 11) is 0. The summed E-state index contributed by atoms with van der Waals surface area (Å²) in [5, 5.41) is 3.03. The highest BCUT2D eigenvalue weighted by atomic mass is 16.2. The molecular formula is C25H37N5O2. The third-order valence-corrected chi connectivity index (χ3v) is 7.73. The van der Waals surface area contributed by atoms with E-state index in [0.29, 0.717) is 12.5 Å². The van der Waals surface area contributed by atoms with Gasteiger partial charge in [-0.3, -0.25) is 19.4 Å². The standard InChI is InChI=1S/C25H37N5O2/c31-24(30-16-14-29(15-17-30)22-2-1-3-22)19-27-10-12-28(13-11-27)23-8-6-21(7-9-23)25(32)26-18-20-4-5-20/h6-9,20,22H,1-5,10-19H2,(H,26,32). The SMILES string of the molecule is O=C(NCC1CC1)c1ccc(N2CCN(CC(=O)N3CCN(C4CCC4)CC3)CC2)cc1. The van der Waals surface area contributed by atoms with Crippen molar-refractivity contribution >= 4 is 17.5 Å². The molecule has 1 aromatic rings. The van der Waals surface area contributed by atoms with E-state index in [1.165, 1.54) is 32.1 Å². The molecule has 7 heteroatoms. The Balaban J connectivity index is 1.03. The molecule has 0 spiro atoms. The fourth-order valence-corrected chi connectivity index (χ4v) is 5.03. The number of rotatable bonds is 7. The van der Waals surface area contributed by atoms with Crippen molar-refractivity contribution < 1.29 is 9.59 Å². The molecule has 0 bridgehead atoms. The summed E-state index contributed by atoms with van der Waals surface area (Å²) >= 11 is 0. The fourth-order valence-electron chi connectivity index (χ4n) is 5.03. The van der Waals surface area contributed by atoms with Gasteiger partial charge in [0.15, 0.2) is 0 Å². The van der Waals surface area contributed by atoms with Crippen molar-refractivity contribution in [2.45, 2.75) is 38.1 Å². The Morgan fingerprint density at radius 2 is 1.53 bits per heavy atom. The zero-order valence-corrected chi connectivity index (χ0v) is 19.2. The molecule has 0 atom stereocenters. The predicted octanol–water partition coefficient (Wildman–Crippen LogP) is 1.65. The Labute approximate surface area is 191 Å². The Morgan fingerprint density at radius 3 is 2.12 bits per heavy atom. The summed E-state index contributed by atoms with van der Waals surface area (Å²) in [5.74, 6) is 1.01. The third-order valence-electron chi connectivity index (χ3n) is 7.73. The highest BCUT2D eigenvalue weighted by Gasteiger charge is 2.30. The molecule has 0 unspecified atom stereocenters. The summed E-state index contributed by atoms with van der Waals surface area (Å²) in [6, 6.07) is 8.74. The van der Waals surface area contributed by atoms with Crippen molar-refractivity contribution in [3.05, 3.63) is 29.8 Å². The summed E-state index contributed by atoms with van der Waals surface area (Å²) in [4.78, 5) is 34.3. The molecule has 4 fully saturated rings. The molecule has 2 saturated carbocycles. The van der Waals surface area contributed by atoms with Gasteiger partial charge in [0, 0.05) is 76.2 Å². The number of benzene rings is 1. The molecule has 4 aliphatic rings. The Morgan fingerprint density at radius 1 is 0.844 bits per heavy atom. The molecule has 5 rings (SSSR count). The van der Waals surface area contributed by atoms with Crippen LogP contribution in [0.4, 0.5) is 5.69 Å². The van der Waals surface area contributed by atoms with Crippen molar-refractivity contribution in [2.24, 2.45) is 5.92 Å². The van der Waals surface area contributed by atoms with Crippen LogP contribution in [0.5, 0.6) is 0 Å². The first-order valence-electron chi connectivity index (χ1n) is 12.5. The first kappa shape index (κ1) is 21.7. The molecule has 32 heavy (non-hydrogen) atoms. The predicted molar refractivity (Wildman–Crippen MR) is 126 cm³/mol. The van der Waals surface area contributed by atoms with Gasteiger partial charge in [0.25, 0.3) is 5.91 Å². The number of anilines is 1. The van der Waals surface area contributed by atoms with Crippen molar-refractivity contribution in [3.8, 4) is 0 Å². The molecule has 174 valence electrons. The number of hydrogen-bond donors (Lipinski definition) is 1. The van der Waals surface area contributed by atoms with E-state index < -0.39 is 0 Å². The highest BCUT2D eigenvalue weighted by molar-refractivity contribution is 5.94. The van der Waals surface area contributed by atoms with E-state index in [9.17, 15) is 9.59 Å². The van der Waals surface area contributed by atoms with Crippen LogP contribution in [-0.4, -0.2) is 98.0 Å². The quantitative estimate of drug-likeness (QED) is 0.700. The fraction of sp³-hybridized carbons (Fsp3) is 0.680. The molecule has 1 aromatic carbocycles. The zero-order valence-electron chi connectivity index (χ0n) is 19.2. The maximum absolute atomic E-state index is 12.8. The molecule has 0 aromatic heterocycles. The second-order valence-corrected chi connectivity index (χ2v) is 9.96. The molecule has 2 amide bonds. The van der Waals surface area contributed by atoms with Gasteiger partial charge < -0.3 is 15.1 Å². The number of piperazine rings is 2. The van der Waals surface area contributed by atoms with Crippen LogP contribution >= 0.6 is 0 Å². The molecule has 2 aliphatic carbocycles. The van der Waals surface area contributed by atoms with Gasteiger partial charge in [0.1, 0.15) is 0 Å². The topological polar surface area (TPSA) is 59.1 Å². The maximum atomic E-state index is 12.8. The van der Waals surface area contributed by atoms with Crippen LogP contribution in [0.2, 0.25) is 0 Å². The highest BCUT2D eigenvalue weighted by Crippen LogP contribution is 2.28. The monoisotopic (exact) mass is 439 g/mol. The summed E-state index contributed by atoms with van der Waals surface area (Å²) in [5.41, 5.74) is 1.89. The second kappa shape index (κ2) is 9.79. The Hall–Kier alpha value is -2.12. The summed E-state index contributed by atoms with van der Waals surface area (Å²) in [6.07, 6.45) is 6.54. The number of carbonyl (C=O) groups excluding carboxylic acids is 2. The van der Waals surface area contributed by atoms with Crippen LogP contribution in [0.3, 0.4) is 0 Å². The van der Waals surface area contributed by atoms with Gasteiger partial charge >= 0.3 is 0 Å². The molecular weight excluding hydrogens is 402 g/mol. The summed E-state index contributed by atoms with van der Waals surface area (Å²) < 4.78 is 0. The Kier molecular flexibility index (Phi) is 6.64. The van der Waals surface area contributed by atoms with E-state index in [-0.39, 0.29) is 11.8 Å². The molecule has 7 nitrogen and oxygen atoms in total. The van der Waals surface area contributed by atoms with E-state index in [1.807, 2.05) is 12.1 Å². The van der Waals surface area contributed by atoms with Gasteiger partial charge in [0.2, 0.25) is 5.91 Å². The average molecular weight is 440 g/mol. The molecule has 1 N–H and O–H groups in total. The van der Waals surface area contributed by atoms with E-state index in [0.717, 1.165) is 76.2 Å². The van der Waals surface area contributed by atoms with Crippen LogP contribution in [0.1, 0.15) is 42.5 Å². The first-order chi connectivity index (χ1) is 15.7. The van der Waals surface area contributed by atoms with Crippen LogP contribution in [0.25, 0.3) is 0 Å². The van der Waals surface area contributed by atoms with E-state index >= 15 is 0 Å².